The van der Waals surface area contributed by atoms with Crippen molar-refractivity contribution in [3.05, 3.63) is 47.1 Å². The van der Waals surface area contributed by atoms with Gasteiger partial charge >= 0.3 is 0 Å². The Balaban J connectivity index is 2.09. The first kappa shape index (κ1) is 15.1. The molecule has 2 rings (SSSR count). The van der Waals surface area contributed by atoms with Crippen molar-refractivity contribution in [3.8, 4) is 11.5 Å². The zero-order valence-electron chi connectivity index (χ0n) is 11.7. The average molecular weight is 307 g/mol. The number of hydrogen-bond donors (Lipinski definition) is 1. The monoisotopic (exact) mass is 306 g/mol. The number of aromatic nitrogens is 1. The SMILES string of the molecule is COc1ccc(OC)c(CC(=O)Nc2ccc(Cl)cn2)c1. The Morgan fingerprint density at radius 2 is 2.05 bits per heavy atom. The van der Waals surface area contributed by atoms with Gasteiger partial charge in [0.2, 0.25) is 5.91 Å². The molecule has 0 radical (unpaired) electrons. The average Bonchev–Trinajstić information content (AvgIpc) is 2.49. The summed E-state index contributed by atoms with van der Waals surface area (Å²) in [4.78, 5) is 16.1. The van der Waals surface area contributed by atoms with E-state index in [1.165, 1.54) is 6.20 Å². The first-order chi connectivity index (χ1) is 10.1. The maximum Gasteiger partial charge on any atom is 0.230 e. The molecule has 5 nitrogen and oxygen atoms in total. The van der Waals surface area contributed by atoms with E-state index in [1.54, 1.807) is 44.6 Å². The molecule has 2 aromatic rings. The van der Waals surface area contributed by atoms with Crippen LogP contribution in [0, 0.1) is 0 Å². The molecule has 0 saturated heterocycles. The van der Waals surface area contributed by atoms with Crippen molar-refractivity contribution in [1.29, 1.82) is 0 Å². The lowest BCUT2D eigenvalue weighted by Crippen LogP contribution is -2.15. The van der Waals surface area contributed by atoms with Crippen LogP contribution in [-0.4, -0.2) is 25.1 Å². The van der Waals surface area contributed by atoms with Crippen molar-refractivity contribution < 1.29 is 14.3 Å². The van der Waals surface area contributed by atoms with Gasteiger partial charge in [-0.15, -0.1) is 0 Å². The Kier molecular flexibility index (Phi) is 5.00. The summed E-state index contributed by atoms with van der Waals surface area (Å²) in [6, 6.07) is 8.62. The standard InChI is InChI=1S/C15H15ClN2O3/c1-20-12-4-5-13(21-2)10(7-12)8-15(19)18-14-6-3-11(16)9-17-14/h3-7,9H,8H2,1-2H3,(H,17,18,19). The zero-order chi connectivity index (χ0) is 15.2. The van der Waals surface area contributed by atoms with Crippen LogP contribution < -0.4 is 14.8 Å². The molecule has 6 heteroatoms. The Labute approximate surface area is 127 Å². The number of ether oxygens (including phenoxy) is 2. The van der Waals surface area contributed by atoms with Gasteiger partial charge < -0.3 is 14.8 Å². The highest BCUT2D eigenvalue weighted by atomic mass is 35.5. The number of hydrogen-bond acceptors (Lipinski definition) is 4. The molecule has 0 saturated carbocycles. The number of benzene rings is 1. The number of carbonyl (C=O) groups is 1. The van der Waals surface area contributed by atoms with Crippen molar-refractivity contribution in [1.82, 2.24) is 4.98 Å². The second-order valence-corrected chi connectivity index (χ2v) is 4.70. The summed E-state index contributed by atoms with van der Waals surface area (Å²) < 4.78 is 10.4. The fourth-order valence-electron chi connectivity index (χ4n) is 1.83. The van der Waals surface area contributed by atoms with Crippen LogP contribution in [0.2, 0.25) is 5.02 Å². The number of pyridine rings is 1. The summed E-state index contributed by atoms with van der Waals surface area (Å²) in [7, 11) is 3.13. The van der Waals surface area contributed by atoms with Gasteiger partial charge in [-0.1, -0.05) is 11.6 Å². The molecule has 0 bridgehead atoms. The van der Waals surface area contributed by atoms with Crippen LogP contribution in [-0.2, 0) is 11.2 Å². The predicted molar refractivity (Wildman–Crippen MR) is 81.1 cm³/mol. The maximum absolute atomic E-state index is 12.1. The lowest BCUT2D eigenvalue weighted by molar-refractivity contribution is -0.115. The van der Waals surface area contributed by atoms with Crippen LogP contribution in [0.25, 0.3) is 0 Å². The smallest absolute Gasteiger partial charge is 0.230 e. The van der Waals surface area contributed by atoms with Crippen LogP contribution >= 0.6 is 11.6 Å². The number of nitrogens with one attached hydrogen (secondary N) is 1. The molecule has 1 amide bonds. The quantitative estimate of drug-likeness (QED) is 0.922. The third kappa shape index (κ3) is 4.10. The maximum atomic E-state index is 12.1. The molecule has 1 aromatic carbocycles. The number of halogens is 1. The van der Waals surface area contributed by atoms with Crippen molar-refractivity contribution in [2.75, 3.05) is 19.5 Å². The number of carbonyl (C=O) groups excluding carboxylic acids is 1. The minimum absolute atomic E-state index is 0.157. The van der Waals surface area contributed by atoms with Crippen LogP contribution in [0.5, 0.6) is 11.5 Å². The summed E-state index contributed by atoms with van der Waals surface area (Å²) in [5.74, 6) is 1.56. The van der Waals surface area contributed by atoms with E-state index >= 15 is 0 Å². The summed E-state index contributed by atoms with van der Waals surface area (Å²) >= 11 is 5.75. The Morgan fingerprint density at radius 3 is 2.67 bits per heavy atom. The molecule has 0 fully saturated rings. The fraction of sp³-hybridized carbons (Fsp3) is 0.200. The highest BCUT2D eigenvalue weighted by molar-refractivity contribution is 6.30. The van der Waals surface area contributed by atoms with E-state index in [2.05, 4.69) is 10.3 Å². The van der Waals surface area contributed by atoms with Crippen LogP contribution in [0.4, 0.5) is 5.82 Å². The third-order valence-electron chi connectivity index (χ3n) is 2.83. The summed E-state index contributed by atoms with van der Waals surface area (Å²) in [6.45, 7) is 0. The Hall–Kier alpha value is -2.27. The largest absolute Gasteiger partial charge is 0.497 e. The van der Waals surface area contributed by atoms with E-state index in [0.717, 1.165) is 5.56 Å². The van der Waals surface area contributed by atoms with E-state index in [1.807, 2.05) is 0 Å². The highest BCUT2D eigenvalue weighted by Crippen LogP contribution is 2.24. The van der Waals surface area contributed by atoms with Gasteiger partial charge in [0, 0.05) is 11.8 Å². The van der Waals surface area contributed by atoms with Crippen LogP contribution in [0.1, 0.15) is 5.56 Å². The molecule has 110 valence electrons. The first-order valence-corrected chi connectivity index (χ1v) is 6.62. The lowest BCUT2D eigenvalue weighted by atomic mass is 10.1. The van der Waals surface area contributed by atoms with Gasteiger partial charge in [0.1, 0.15) is 17.3 Å². The zero-order valence-corrected chi connectivity index (χ0v) is 12.5. The van der Waals surface area contributed by atoms with Gasteiger partial charge in [-0.05, 0) is 30.3 Å². The molecule has 0 aliphatic rings. The minimum atomic E-state index is -0.198. The van der Waals surface area contributed by atoms with Crippen LogP contribution in [0.15, 0.2) is 36.5 Å². The highest BCUT2D eigenvalue weighted by Gasteiger charge is 2.11. The van der Waals surface area contributed by atoms with E-state index in [9.17, 15) is 4.79 Å². The number of anilines is 1. The Bertz CT molecular complexity index is 629. The Morgan fingerprint density at radius 1 is 1.24 bits per heavy atom. The van der Waals surface area contributed by atoms with Crippen molar-refractivity contribution in [2.45, 2.75) is 6.42 Å². The summed E-state index contributed by atoms with van der Waals surface area (Å²) in [5, 5.41) is 3.22. The number of methoxy groups -OCH3 is 2. The van der Waals surface area contributed by atoms with Crippen molar-refractivity contribution in [2.24, 2.45) is 0 Å². The van der Waals surface area contributed by atoms with E-state index in [-0.39, 0.29) is 12.3 Å². The first-order valence-electron chi connectivity index (χ1n) is 6.24. The van der Waals surface area contributed by atoms with E-state index < -0.39 is 0 Å². The second kappa shape index (κ2) is 6.95. The van der Waals surface area contributed by atoms with Gasteiger partial charge in [0.05, 0.1) is 25.7 Å². The van der Waals surface area contributed by atoms with Gasteiger partial charge in [-0.2, -0.15) is 0 Å². The van der Waals surface area contributed by atoms with Crippen LogP contribution in [0.3, 0.4) is 0 Å². The molecule has 1 aromatic heterocycles. The normalized spacial score (nSPS) is 10.0. The van der Waals surface area contributed by atoms with Gasteiger partial charge in [-0.25, -0.2) is 4.98 Å². The van der Waals surface area contributed by atoms with Gasteiger partial charge in [-0.3, -0.25) is 4.79 Å². The number of nitrogens with zero attached hydrogens (tertiary/aromatic N) is 1. The minimum Gasteiger partial charge on any atom is -0.497 e. The van der Waals surface area contributed by atoms with Gasteiger partial charge in [0.25, 0.3) is 0 Å². The van der Waals surface area contributed by atoms with E-state index in [0.29, 0.717) is 22.3 Å². The number of rotatable bonds is 5. The molecule has 0 spiro atoms. The molecular weight excluding hydrogens is 292 g/mol. The fourth-order valence-corrected chi connectivity index (χ4v) is 1.94. The number of amides is 1. The second-order valence-electron chi connectivity index (χ2n) is 4.26. The van der Waals surface area contributed by atoms with Crippen molar-refractivity contribution in [3.63, 3.8) is 0 Å². The summed E-state index contributed by atoms with van der Waals surface area (Å²) in [5.41, 5.74) is 0.739. The molecular formula is C15H15ClN2O3. The molecule has 0 atom stereocenters. The molecule has 0 aliphatic carbocycles. The molecule has 21 heavy (non-hydrogen) atoms. The molecule has 0 unspecified atom stereocenters. The predicted octanol–water partition coefficient (Wildman–Crippen LogP) is 2.93. The van der Waals surface area contributed by atoms with Gasteiger partial charge in [0.15, 0.2) is 0 Å². The molecule has 1 heterocycles. The summed E-state index contributed by atoms with van der Waals surface area (Å²) in [6.07, 6.45) is 1.63. The lowest BCUT2D eigenvalue weighted by Gasteiger charge is -2.10. The molecule has 0 aliphatic heterocycles. The topological polar surface area (TPSA) is 60.5 Å². The van der Waals surface area contributed by atoms with E-state index in [4.69, 9.17) is 21.1 Å². The molecule has 1 N–H and O–H groups in total. The van der Waals surface area contributed by atoms with Crippen molar-refractivity contribution >= 4 is 23.3 Å². The third-order valence-corrected chi connectivity index (χ3v) is 3.06.